The number of aryl methyl sites for hydroxylation is 1. The molecule has 0 amide bonds. The molecule has 1 atom stereocenters. The lowest BCUT2D eigenvalue weighted by Crippen LogP contribution is -2.18. The number of nitrogens with two attached hydrogens (primary N) is 1. The number of nitrogens with one attached hydrogen (secondary N) is 1. The SMILES string of the molecule is COCC(Nc1nc(C)nc(N)n1)c1cccs1. The topological polar surface area (TPSA) is 86.0 Å². The molecule has 0 radical (unpaired) electrons. The van der Waals surface area contributed by atoms with Crippen molar-refractivity contribution >= 4 is 23.2 Å². The van der Waals surface area contributed by atoms with Crippen LogP contribution in [0.15, 0.2) is 17.5 Å². The van der Waals surface area contributed by atoms with Gasteiger partial charge in [-0.25, -0.2) is 0 Å². The molecule has 0 aromatic carbocycles. The van der Waals surface area contributed by atoms with Crippen molar-refractivity contribution in [3.05, 3.63) is 28.2 Å². The highest BCUT2D eigenvalue weighted by Crippen LogP contribution is 2.22. The zero-order chi connectivity index (χ0) is 13.0. The summed E-state index contributed by atoms with van der Waals surface area (Å²) in [5.74, 6) is 1.27. The van der Waals surface area contributed by atoms with Crippen LogP contribution in [0.5, 0.6) is 0 Å². The van der Waals surface area contributed by atoms with Crippen molar-refractivity contribution in [2.24, 2.45) is 0 Å². The molecule has 2 heterocycles. The minimum absolute atomic E-state index is 0.0104. The van der Waals surface area contributed by atoms with Gasteiger partial charge < -0.3 is 15.8 Å². The van der Waals surface area contributed by atoms with Crippen LogP contribution in [0.25, 0.3) is 0 Å². The molecule has 0 aliphatic heterocycles. The van der Waals surface area contributed by atoms with Gasteiger partial charge in [0.25, 0.3) is 0 Å². The number of rotatable bonds is 5. The third-order valence-corrected chi connectivity index (χ3v) is 3.27. The van der Waals surface area contributed by atoms with Gasteiger partial charge in [0.2, 0.25) is 11.9 Å². The van der Waals surface area contributed by atoms with Crippen molar-refractivity contribution < 1.29 is 4.74 Å². The minimum Gasteiger partial charge on any atom is -0.382 e. The van der Waals surface area contributed by atoms with E-state index in [1.54, 1.807) is 25.4 Å². The van der Waals surface area contributed by atoms with Gasteiger partial charge >= 0.3 is 0 Å². The van der Waals surface area contributed by atoms with E-state index in [1.807, 2.05) is 17.5 Å². The molecule has 18 heavy (non-hydrogen) atoms. The summed E-state index contributed by atoms with van der Waals surface area (Å²) >= 11 is 1.65. The van der Waals surface area contributed by atoms with Crippen LogP contribution < -0.4 is 11.1 Å². The summed E-state index contributed by atoms with van der Waals surface area (Å²) in [7, 11) is 1.66. The molecule has 0 saturated heterocycles. The van der Waals surface area contributed by atoms with E-state index in [9.17, 15) is 0 Å². The van der Waals surface area contributed by atoms with Gasteiger partial charge in [-0.15, -0.1) is 11.3 Å². The first-order valence-electron chi connectivity index (χ1n) is 5.46. The van der Waals surface area contributed by atoms with Crippen molar-refractivity contribution in [2.75, 3.05) is 24.8 Å². The van der Waals surface area contributed by atoms with E-state index in [0.717, 1.165) is 4.88 Å². The fraction of sp³-hybridized carbons (Fsp3) is 0.364. The Labute approximate surface area is 109 Å². The van der Waals surface area contributed by atoms with Crippen LogP contribution in [0.2, 0.25) is 0 Å². The van der Waals surface area contributed by atoms with Crippen LogP contribution in [-0.4, -0.2) is 28.7 Å². The van der Waals surface area contributed by atoms with E-state index in [2.05, 4.69) is 20.3 Å². The molecular weight excluding hydrogens is 250 g/mol. The second-order valence-electron chi connectivity index (χ2n) is 3.73. The fourth-order valence-corrected chi connectivity index (χ4v) is 2.34. The second-order valence-corrected chi connectivity index (χ2v) is 4.71. The van der Waals surface area contributed by atoms with Crippen molar-refractivity contribution in [3.63, 3.8) is 0 Å². The quantitative estimate of drug-likeness (QED) is 0.854. The lowest BCUT2D eigenvalue weighted by Gasteiger charge is -2.16. The summed E-state index contributed by atoms with van der Waals surface area (Å²) < 4.78 is 5.20. The van der Waals surface area contributed by atoms with Crippen LogP contribution in [0.1, 0.15) is 16.7 Å². The molecule has 6 nitrogen and oxygen atoms in total. The zero-order valence-corrected chi connectivity index (χ0v) is 11.1. The third-order valence-electron chi connectivity index (χ3n) is 2.29. The number of hydrogen-bond acceptors (Lipinski definition) is 7. The maximum atomic E-state index is 5.60. The van der Waals surface area contributed by atoms with Crippen molar-refractivity contribution in [1.82, 2.24) is 15.0 Å². The summed E-state index contributed by atoms with van der Waals surface area (Å²) in [6.07, 6.45) is 0. The van der Waals surface area contributed by atoms with Crippen molar-refractivity contribution in [2.45, 2.75) is 13.0 Å². The Bertz CT molecular complexity index is 482. The van der Waals surface area contributed by atoms with E-state index in [4.69, 9.17) is 10.5 Å². The van der Waals surface area contributed by atoms with E-state index >= 15 is 0 Å². The molecule has 2 aromatic rings. The third kappa shape index (κ3) is 3.14. The highest BCUT2D eigenvalue weighted by molar-refractivity contribution is 7.10. The average molecular weight is 265 g/mol. The van der Waals surface area contributed by atoms with Gasteiger partial charge in [-0.3, -0.25) is 0 Å². The molecule has 0 aliphatic carbocycles. The lowest BCUT2D eigenvalue weighted by atomic mass is 10.2. The number of ether oxygens (including phenoxy) is 1. The predicted octanol–water partition coefficient (Wildman–Crippen LogP) is 1.62. The molecule has 3 N–H and O–H groups in total. The summed E-state index contributed by atoms with van der Waals surface area (Å²) in [4.78, 5) is 13.4. The van der Waals surface area contributed by atoms with Crippen molar-refractivity contribution in [3.8, 4) is 0 Å². The first-order chi connectivity index (χ1) is 8.69. The monoisotopic (exact) mass is 265 g/mol. The first-order valence-corrected chi connectivity index (χ1v) is 6.34. The Balaban J connectivity index is 2.18. The molecule has 1 unspecified atom stereocenters. The smallest absolute Gasteiger partial charge is 0.228 e. The van der Waals surface area contributed by atoms with E-state index in [-0.39, 0.29) is 12.0 Å². The van der Waals surface area contributed by atoms with Crippen LogP contribution in [0.4, 0.5) is 11.9 Å². The van der Waals surface area contributed by atoms with Gasteiger partial charge in [0.1, 0.15) is 5.82 Å². The van der Waals surface area contributed by atoms with Gasteiger partial charge in [-0.05, 0) is 18.4 Å². The van der Waals surface area contributed by atoms with Gasteiger partial charge in [0, 0.05) is 12.0 Å². The van der Waals surface area contributed by atoms with Gasteiger partial charge in [-0.1, -0.05) is 6.07 Å². The molecule has 0 aliphatic rings. The Morgan fingerprint density at radius 3 is 2.89 bits per heavy atom. The van der Waals surface area contributed by atoms with Gasteiger partial charge in [-0.2, -0.15) is 15.0 Å². The van der Waals surface area contributed by atoms with E-state index in [1.165, 1.54) is 0 Å². The van der Waals surface area contributed by atoms with E-state index in [0.29, 0.717) is 18.4 Å². The first kappa shape index (κ1) is 12.7. The maximum absolute atomic E-state index is 5.60. The van der Waals surface area contributed by atoms with Gasteiger partial charge in [0.15, 0.2) is 0 Å². The van der Waals surface area contributed by atoms with Gasteiger partial charge in [0.05, 0.1) is 12.6 Å². The van der Waals surface area contributed by atoms with Crippen LogP contribution in [0.3, 0.4) is 0 Å². The lowest BCUT2D eigenvalue weighted by molar-refractivity contribution is 0.187. The maximum Gasteiger partial charge on any atom is 0.228 e. The molecule has 0 bridgehead atoms. The van der Waals surface area contributed by atoms with Crippen LogP contribution in [0, 0.1) is 6.92 Å². The number of nitrogen functional groups attached to an aromatic ring is 1. The summed E-state index contributed by atoms with van der Waals surface area (Å²) in [5.41, 5.74) is 5.60. The molecule has 2 rings (SSSR count). The number of thiophene rings is 1. The highest BCUT2D eigenvalue weighted by atomic mass is 32.1. The average Bonchev–Trinajstić information content (AvgIpc) is 2.80. The number of methoxy groups -OCH3 is 1. The Morgan fingerprint density at radius 1 is 1.44 bits per heavy atom. The second kappa shape index (κ2) is 5.74. The summed E-state index contributed by atoms with van der Waals surface area (Å²) in [6, 6.07) is 4.05. The Morgan fingerprint density at radius 2 is 2.28 bits per heavy atom. The normalized spacial score (nSPS) is 12.3. The highest BCUT2D eigenvalue weighted by Gasteiger charge is 2.14. The molecule has 0 spiro atoms. The minimum atomic E-state index is 0.0104. The molecular formula is C11H15N5OS. The molecule has 0 fully saturated rings. The molecule has 0 saturated carbocycles. The van der Waals surface area contributed by atoms with Crippen LogP contribution in [-0.2, 0) is 4.74 Å². The fourth-order valence-electron chi connectivity index (χ4n) is 1.57. The summed E-state index contributed by atoms with van der Waals surface area (Å²) in [6.45, 7) is 2.31. The zero-order valence-electron chi connectivity index (χ0n) is 10.3. The standard InChI is InChI=1S/C11H15N5OS/c1-7-13-10(12)16-11(14-7)15-8(6-17-2)9-4-3-5-18-9/h3-5,8H,6H2,1-2H3,(H3,12,13,14,15,16). The molecule has 96 valence electrons. The van der Waals surface area contributed by atoms with E-state index < -0.39 is 0 Å². The Hall–Kier alpha value is -1.73. The Kier molecular flexibility index (Phi) is 4.06. The van der Waals surface area contributed by atoms with Crippen LogP contribution >= 0.6 is 11.3 Å². The summed E-state index contributed by atoms with van der Waals surface area (Å²) in [5, 5.41) is 5.23. The largest absolute Gasteiger partial charge is 0.382 e. The number of hydrogen-bond donors (Lipinski definition) is 2. The molecule has 2 aromatic heterocycles. The predicted molar refractivity (Wildman–Crippen MR) is 71.5 cm³/mol. The number of anilines is 2. The van der Waals surface area contributed by atoms with Crippen molar-refractivity contribution in [1.29, 1.82) is 0 Å². The number of aromatic nitrogens is 3. The molecule has 7 heteroatoms. The number of nitrogens with zero attached hydrogens (tertiary/aromatic N) is 3.